The molecule has 0 atom stereocenters. The van der Waals surface area contributed by atoms with Gasteiger partial charge < -0.3 is 19.3 Å². The van der Waals surface area contributed by atoms with Crippen molar-refractivity contribution < 1.29 is 24.1 Å². The third-order valence-corrected chi connectivity index (χ3v) is 3.73. The van der Waals surface area contributed by atoms with Crippen molar-refractivity contribution in [1.29, 1.82) is 0 Å². The van der Waals surface area contributed by atoms with Crippen LogP contribution in [0.15, 0.2) is 54.6 Å². The number of nitrogens with zero attached hydrogens (tertiary/aromatic N) is 2. The van der Waals surface area contributed by atoms with E-state index in [-0.39, 0.29) is 6.61 Å². The first-order valence-electron chi connectivity index (χ1n) is 7.84. The first kappa shape index (κ1) is 17.3. The van der Waals surface area contributed by atoms with Gasteiger partial charge in [-0.05, 0) is 48.5 Å². The molecule has 0 fully saturated rings. The molecule has 0 radical (unpaired) electrons. The van der Waals surface area contributed by atoms with Gasteiger partial charge in [0.15, 0.2) is 6.61 Å². The lowest BCUT2D eigenvalue weighted by molar-refractivity contribution is -0.139. The number of carboxylic acids is 1. The van der Waals surface area contributed by atoms with E-state index in [4.69, 9.17) is 19.3 Å². The number of aromatic nitrogens is 2. The van der Waals surface area contributed by atoms with Gasteiger partial charge >= 0.3 is 5.97 Å². The maximum absolute atomic E-state index is 10.6. The lowest BCUT2D eigenvalue weighted by atomic mass is 10.1. The molecule has 3 rings (SSSR count). The summed E-state index contributed by atoms with van der Waals surface area (Å²) >= 11 is 0. The highest BCUT2D eigenvalue weighted by Gasteiger charge is 2.13. The van der Waals surface area contributed by atoms with Crippen LogP contribution < -0.4 is 14.2 Å². The first-order chi connectivity index (χ1) is 12.6. The van der Waals surface area contributed by atoms with Crippen LogP contribution in [0.2, 0.25) is 0 Å². The Morgan fingerprint density at radius 2 is 1.65 bits per heavy atom. The van der Waals surface area contributed by atoms with Crippen LogP contribution in [0.5, 0.6) is 17.4 Å². The van der Waals surface area contributed by atoms with Crippen LogP contribution in [0.25, 0.3) is 16.9 Å². The van der Waals surface area contributed by atoms with Crippen molar-refractivity contribution in [1.82, 2.24) is 9.78 Å². The third-order valence-electron chi connectivity index (χ3n) is 3.73. The highest BCUT2D eigenvalue weighted by molar-refractivity contribution is 5.69. The van der Waals surface area contributed by atoms with Crippen molar-refractivity contribution in [3.63, 3.8) is 0 Å². The van der Waals surface area contributed by atoms with Gasteiger partial charge in [-0.1, -0.05) is 0 Å². The van der Waals surface area contributed by atoms with Crippen molar-refractivity contribution in [3.8, 4) is 34.3 Å². The Hall–Kier alpha value is -3.48. The topological polar surface area (TPSA) is 82.8 Å². The zero-order valence-electron chi connectivity index (χ0n) is 14.4. The molecule has 26 heavy (non-hydrogen) atoms. The van der Waals surface area contributed by atoms with Crippen LogP contribution in [0.4, 0.5) is 0 Å². The number of aliphatic carboxylic acids is 1. The van der Waals surface area contributed by atoms with E-state index < -0.39 is 5.97 Å². The van der Waals surface area contributed by atoms with Gasteiger partial charge in [-0.3, -0.25) is 0 Å². The Labute approximate surface area is 150 Å². The zero-order chi connectivity index (χ0) is 18.5. The Morgan fingerprint density at radius 1 is 1.00 bits per heavy atom. The number of ether oxygens (including phenoxy) is 3. The van der Waals surface area contributed by atoms with Gasteiger partial charge in [0, 0.05) is 11.6 Å². The van der Waals surface area contributed by atoms with Gasteiger partial charge in [0.1, 0.15) is 11.5 Å². The highest BCUT2D eigenvalue weighted by atomic mass is 16.5. The summed E-state index contributed by atoms with van der Waals surface area (Å²) in [6.07, 6.45) is 0. The Kier molecular flexibility index (Phi) is 5.07. The van der Waals surface area contributed by atoms with E-state index in [0.717, 1.165) is 22.7 Å². The number of hydrogen-bond acceptors (Lipinski definition) is 5. The van der Waals surface area contributed by atoms with Gasteiger partial charge in [0.25, 0.3) is 0 Å². The quantitative estimate of drug-likeness (QED) is 0.702. The first-order valence-corrected chi connectivity index (χ1v) is 7.84. The van der Waals surface area contributed by atoms with Crippen LogP contribution in [0.3, 0.4) is 0 Å². The molecule has 0 unspecified atom stereocenters. The van der Waals surface area contributed by atoms with E-state index in [1.165, 1.54) is 0 Å². The molecule has 1 aromatic heterocycles. The second kappa shape index (κ2) is 7.60. The molecule has 7 heteroatoms. The molecule has 1 N–H and O–H groups in total. The molecular formula is C19H18N2O5. The van der Waals surface area contributed by atoms with Gasteiger partial charge in [-0.25, -0.2) is 9.48 Å². The number of methoxy groups -OCH3 is 2. The van der Waals surface area contributed by atoms with Gasteiger partial charge in [-0.15, -0.1) is 5.10 Å². The molecule has 1 heterocycles. The van der Waals surface area contributed by atoms with Crippen LogP contribution in [-0.2, 0) is 4.79 Å². The molecular weight excluding hydrogens is 336 g/mol. The summed E-state index contributed by atoms with van der Waals surface area (Å²) in [5.41, 5.74) is 2.58. The summed E-state index contributed by atoms with van der Waals surface area (Å²) in [4.78, 5) is 10.6. The summed E-state index contributed by atoms with van der Waals surface area (Å²) in [5, 5.41) is 13.1. The SMILES string of the molecule is COc1ccc(-n2nc(OC)cc2-c2ccc(OCC(=O)O)cc2)cc1. The number of carboxylic acid groups (broad SMARTS) is 1. The molecule has 7 nitrogen and oxygen atoms in total. The fourth-order valence-corrected chi connectivity index (χ4v) is 2.45. The van der Waals surface area contributed by atoms with Crippen LogP contribution in [0, 0.1) is 0 Å². The van der Waals surface area contributed by atoms with Crippen molar-refractivity contribution in [3.05, 3.63) is 54.6 Å². The zero-order valence-corrected chi connectivity index (χ0v) is 14.4. The maximum atomic E-state index is 10.6. The summed E-state index contributed by atoms with van der Waals surface area (Å²) in [6.45, 7) is -0.378. The maximum Gasteiger partial charge on any atom is 0.341 e. The second-order valence-electron chi connectivity index (χ2n) is 5.39. The average molecular weight is 354 g/mol. The van der Waals surface area contributed by atoms with Gasteiger partial charge in [-0.2, -0.15) is 0 Å². The lowest BCUT2D eigenvalue weighted by Crippen LogP contribution is -2.09. The molecule has 3 aromatic rings. The van der Waals surface area contributed by atoms with E-state index in [9.17, 15) is 4.79 Å². The summed E-state index contributed by atoms with van der Waals surface area (Å²) in [5.74, 6) is 0.714. The Bertz CT molecular complexity index is 885. The second-order valence-corrected chi connectivity index (χ2v) is 5.39. The van der Waals surface area contributed by atoms with Gasteiger partial charge in [0.2, 0.25) is 5.88 Å². The van der Waals surface area contributed by atoms with Crippen LogP contribution in [0.1, 0.15) is 0 Å². The van der Waals surface area contributed by atoms with E-state index in [2.05, 4.69) is 5.10 Å². The van der Waals surface area contributed by atoms with E-state index in [1.54, 1.807) is 31.0 Å². The summed E-state index contributed by atoms with van der Waals surface area (Å²) < 4.78 is 17.4. The Balaban J connectivity index is 1.93. The standard InChI is InChI=1S/C19H18N2O5/c1-24-15-9-5-14(6-10-15)21-17(11-18(20-21)25-2)13-3-7-16(8-4-13)26-12-19(22)23/h3-11H,12H2,1-2H3,(H,22,23). The molecule has 0 aliphatic rings. The molecule has 0 spiro atoms. The molecule has 0 amide bonds. The third kappa shape index (κ3) is 3.77. The number of carbonyl (C=O) groups is 1. The Morgan fingerprint density at radius 3 is 2.23 bits per heavy atom. The average Bonchev–Trinajstić information content (AvgIpc) is 3.11. The van der Waals surface area contributed by atoms with Crippen molar-refractivity contribution in [2.45, 2.75) is 0 Å². The minimum Gasteiger partial charge on any atom is -0.497 e. The summed E-state index contributed by atoms with van der Waals surface area (Å²) in [6, 6.07) is 16.5. The minimum absolute atomic E-state index is 0.378. The summed E-state index contributed by atoms with van der Waals surface area (Å²) in [7, 11) is 3.18. The normalized spacial score (nSPS) is 10.4. The molecule has 0 aliphatic heterocycles. The van der Waals surface area contributed by atoms with Crippen LogP contribution in [-0.4, -0.2) is 41.7 Å². The molecule has 0 bridgehead atoms. The number of rotatable bonds is 7. The number of benzene rings is 2. The lowest BCUT2D eigenvalue weighted by Gasteiger charge is -2.09. The van der Waals surface area contributed by atoms with Crippen molar-refractivity contribution in [2.75, 3.05) is 20.8 Å². The molecule has 2 aromatic carbocycles. The van der Waals surface area contributed by atoms with Crippen LogP contribution >= 0.6 is 0 Å². The molecule has 0 saturated heterocycles. The van der Waals surface area contributed by atoms with E-state index in [1.807, 2.05) is 42.5 Å². The van der Waals surface area contributed by atoms with Crippen molar-refractivity contribution >= 4 is 5.97 Å². The largest absolute Gasteiger partial charge is 0.497 e. The van der Waals surface area contributed by atoms with Crippen molar-refractivity contribution in [2.24, 2.45) is 0 Å². The van der Waals surface area contributed by atoms with E-state index >= 15 is 0 Å². The smallest absolute Gasteiger partial charge is 0.341 e. The fourth-order valence-electron chi connectivity index (χ4n) is 2.45. The fraction of sp³-hybridized carbons (Fsp3) is 0.158. The predicted molar refractivity (Wildman–Crippen MR) is 95.2 cm³/mol. The highest BCUT2D eigenvalue weighted by Crippen LogP contribution is 2.29. The minimum atomic E-state index is -1.02. The predicted octanol–water partition coefficient (Wildman–Crippen LogP) is 3.02. The molecule has 0 aliphatic carbocycles. The van der Waals surface area contributed by atoms with E-state index in [0.29, 0.717) is 11.6 Å². The molecule has 134 valence electrons. The molecule has 0 saturated carbocycles. The monoisotopic (exact) mass is 354 g/mol. The number of hydrogen-bond donors (Lipinski definition) is 1. The van der Waals surface area contributed by atoms with Gasteiger partial charge in [0.05, 0.1) is 25.6 Å².